The molecule has 7 nitrogen and oxygen atoms in total. The number of nitrogens with one attached hydrogen (secondary N) is 1. The topological polar surface area (TPSA) is 79.0 Å². The molecule has 0 bridgehead atoms. The third-order valence-corrected chi connectivity index (χ3v) is 4.55. The van der Waals surface area contributed by atoms with Gasteiger partial charge in [0.25, 0.3) is 0 Å². The first-order chi connectivity index (χ1) is 12.0. The van der Waals surface area contributed by atoms with Gasteiger partial charge in [0.15, 0.2) is 0 Å². The Morgan fingerprint density at radius 2 is 2.16 bits per heavy atom. The summed E-state index contributed by atoms with van der Waals surface area (Å²) in [7, 11) is 0. The Labute approximate surface area is 150 Å². The van der Waals surface area contributed by atoms with Gasteiger partial charge in [0.05, 0.1) is 12.6 Å². The molecular formula is C17H20ClN3O4. The van der Waals surface area contributed by atoms with Crippen LogP contribution in [0.2, 0.25) is 5.02 Å². The van der Waals surface area contributed by atoms with E-state index in [9.17, 15) is 14.4 Å². The first-order valence-electron chi connectivity index (χ1n) is 8.24. The van der Waals surface area contributed by atoms with Crippen LogP contribution in [0, 0.1) is 0 Å². The Bertz CT molecular complexity index is 682. The Morgan fingerprint density at radius 3 is 2.88 bits per heavy atom. The van der Waals surface area contributed by atoms with Crippen molar-refractivity contribution >= 4 is 29.5 Å². The number of rotatable bonds is 6. The van der Waals surface area contributed by atoms with E-state index >= 15 is 0 Å². The molecule has 2 aliphatic heterocycles. The lowest BCUT2D eigenvalue weighted by Crippen LogP contribution is -2.43. The van der Waals surface area contributed by atoms with Crippen molar-refractivity contribution in [1.82, 2.24) is 15.1 Å². The van der Waals surface area contributed by atoms with E-state index in [4.69, 9.17) is 16.3 Å². The maximum atomic E-state index is 12.1. The second-order valence-electron chi connectivity index (χ2n) is 6.22. The molecule has 25 heavy (non-hydrogen) atoms. The highest BCUT2D eigenvalue weighted by Gasteiger charge is 2.31. The smallest absolute Gasteiger partial charge is 0.410 e. The van der Waals surface area contributed by atoms with E-state index in [2.05, 4.69) is 5.32 Å². The van der Waals surface area contributed by atoms with Gasteiger partial charge in [-0.3, -0.25) is 14.5 Å². The zero-order valence-electron chi connectivity index (χ0n) is 13.7. The number of hydrogen-bond acceptors (Lipinski definition) is 4. The molecular weight excluding hydrogens is 346 g/mol. The first kappa shape index (κ1) is 17.5. The summed E-state index contributed by atoms with van der Waals surface area (Å²) >= 11 is 5.96. The molecule has 0 spiro atoms. The molecule has 134 valence electrons. The van der Waals surface area contributed by atoms with Crippen molar-refractivity contribution in [3.8, 4) is 0 Å². The highest BCUT2D eigenvalue weighted by Crippen LogP contribution is 2.15. The Balaban J connectivity index is 1.45. The molecule has 1 unspecified atom stereocenters. The predicted molar refractivity (Wildman–Crippen MR) is 91.2 cm³/mol. The molecule has 1 aromatic carbocycles. The maximum Gasteiger partial charge on any atom is 0.410 e. The molecule has 2 heterocycles. The number of likely N-dealkylation sites (tertiary alicyclic amines) is 1. The minimum absolute atomic E-state index is 0.0212. The van der Waals surface area contributed by atoms with Gasteiger partial charge in [-0.15, -0.1) is 0 Å². The SMILES string of the molecule is O=C(CN1CCOC1=O)NC1CC(=O)N(CCc2cccc(Cl)c2)C1. The normalized spacial score (nSPS) is 20.1. The Hall–Kier alpha value is -2.28. The second kappa shape index (κ2) is 7.74. The van der Waals surface area contributed by atoms with Crippen molar-refractivity contribution in [2.75, 3.05) is 32.8 Å². The van der Waals surface area contributed by atoms with Crippen molar-refractivity contribution in [3.05, 3.63) is 34.9 Å². The van der Waals surface area contributed by atoms with E-state index < -0.39 is 6.09 Å². The molecule has 3 rings (SSSR count). The molecule has 0 radical (unpaired) electrons. The first-order valence-corrected chi connectivity index (χ1v) is 8.62. The van der Waals surface area contributed by atoms with E-state index in [1.165, 1.54) is 4.90 Å². The van der Waals surface area contributed by atoms with E-state index in [0.29, 0.717) is 37.7 Å². The average Bonchev–Trinajstić information content (AvgIpc) is 3.11. The number of benzene rings is 1. The maximum absolute atomic E-state index is 12.1. The third kappa shape index (κ3) is 4.63. The summed E-state index contributed by atoms with van der Waals surface area (Å²) in [6, 6.07) is 7.33. The van der Waals surface area contributed by atoms with Crippen LogP contribution >= 0.6 is 11.6 Å². The molecule has 8 heteroatoms. The molecule has 0 saturated carbocycles. The van der Waals surface area contributed by atoms with Gasteiger partial charge in [-0.25, -0.2) is 4.79 Å². The number of hydrogen-bond donors (Lipinski definition) is 1. The zero-order chi connectivity index (χ0) is 17.8. The standard InChI is InChI=1S/C17H20ClN3O4/c18-13-3-1-2-12(8-13)4-5-20-10-14(9-16(20)23)19-15(22)11-21-6-7-25-17(21)24/h1-3,8,14H,4-7,9-11H2,(H,19,22). The molecule has 3 amide bonds. The third-order valence-electron chi connectivity index (χ3n) is 4.32. The second-order valence-corrected chi connectivity index (χ2v) is 6.66. The van der Waals surface area contributed by atoms with Gasteiger partial charge in [-0.1, -0.05) is 23.7 Å². The number of carbonyl (C=O) groups excluding carboxylic acids is 3. The molecule has 1 atom stereocenters. The molecule has 1 N–H and O–H groups in total. The quantitative estimate of drug-likeness (QED) is 0.817. The van der Waals surface area contributed by atoms with Crippen LogP contribution in [0.1, 0.15) is 12.0 Å². The van der Waals surface area contributed by atoms with Crippen LogP contribution in [0.4, 0.5) is 4.79 Å². The van der Waals surface area contributed by atoms with Crippen LogP contribution in [0.25, 0.3) is 0 Å². The van der Waals surface area contributed by atoms with E-state index in [-0.39, 0.29) is 30.8 Å². The Kier molecular flexibility index (Phi) is 5.43. The number of carbonyl (C=O) groups is 3. The van der Waals surface area contributed by atoms with Crippen LogP contribution in [0.5, 0.6) is 0 Å². The number of ether oxygens (including phenoxy) is 1. The van der Waals surface area contributed by atoms with Crippen molar-refractivity contribution in [3.63, 3.8) is 0 Å². The largest absolute Gasteiger partial charge is 0.448 e. The summed E-state index contributed by atoms with van der Waals surface area (Å²) < 4.78 is 4.79. The van der Waals surface area contributed by atoms with Crippen molar-refractivity contribution in [2.45, 2.75) is 18.9 Å². The number of halogens is 1. The summed E-state index contributed by atoms with van der Waals surface area (Å²) in [5.74, 6) is -0.249. The lowest BCUT2D eigenvalue weighted by molar-refractivity contribution is -0.127. The molecule has 2 saturated heterocycles. The predicted octanol–water partition coefficient (Wildman–Crippen LogP) is 1.05. The molecule has 1 aromatic rings. The fourth-order valence-electron chi connectivity index (χ4n) is 3.06. The van der Waals surface area contributed by atoms with Crippen molar-refractivity contribution in [1.29, 1.82) is 0 Å². The summed E-state index contributed by atoms with van der Waals surface area (Å²) in [6.45, 7) is 1.76. The molecule has 2 aliphatic rings. The highest BCUT2D eigenvalue weighted by atomic mass is 35.5. The van der Waals surface area contributed by atoms with Crippen LogP contribution in [0.15, 0.2) is 24.3 Å². The zero-order valence-corrected chi connectivity index (χ0v) is 14.5. The average molecular weight is 366 g/mol. The van der Waals surface area contributed by atoms with Crippen LogP contribution in [-0.2, 0) is 20.7 Å². The molecule has 0 aromatic heterocycles. The van der Waals surface area contributed by atoms with E-state index in [1.807, 2.05) is 24.3 Å². The fourth-order valence-corrected chi connectivity index (χ4v) is 3.27. The van der Waals surface area contributed by atoms with Crippen LogP contribution in [0.3, 0.4) is 0 Å². The lowest BCUT2D eigenvalue weighted by Gasteiger charge is -2.18. The van der Waals surface area contributed by atoms with Crippen LogP contribution < -0.4 is 5.32 Å². The molecule has 0 aliphatic carbocycles. The van der Waals surface area contributed by atoms with Gasteiger partial charge in [0, 0.05) is 24.5 Å². The van der Waals surface area contributed by atoms with Gasteiger partial charge in [-0.05, 0) is 24.1 Å². The van der Waals surface area contributed by atoms with Crippen LogP contribution in [-0.4, -0.2) is 66.5 Å². The van der Waals surface area contributed by atoms with Crippen molar-refractivity contribution < 1.29 is 19.1 Å². The van der Waals surface area contributed by atoms with E-state index in [1.54, 1.807) is 4.90 Å². The summed E-state index contributed by atoms with van der Waals surface area (Å²) in [6.07, 6.45) is 0.527. The summed E-state index contributed by atoms with van der Waals surface area (Å²) in [5.41, 5.74) is 1.07. The van der Waals surface area contributed by atoms with Gasteiger partial charge in [0.1, 0.15) is 13.2 Å². The fraction of sp³-hybridized carbons (Fsp3) is 0.471. The lowest BCUT2D eigenvalue weighted by atomic mass is 10.1. The summed E-state index contributed by atoms with van der Waals surface area (Å²) in [5, 5.41) is 3.50. The highest BCUT2D eigenvalue weighted by molar-refractivity contribution is 6.30. The van der Waals surface area contributed by atoms with Gasteiger partial charge < -0.3 is 15.0 Å². The van der Waals surface area contributed by atoms with Gasteiger partial charge >= 0.3 is 6.09 Å². The van der Waals surface area contributed by atoms with E-state index in [0.717, 1.165) is 5.56 Å². The Morgan fingerprint density at radius 1 is 1.32 bits per heavy atom. The van der Waals surface area contributed by atoms with Gasteiger partial charge in [-0.2, -0.15) is 0 Å². The summed E-state index contributed by atoms with van der Waals surface area (Å²) in [4.78, 5) is 38.6. The van der Waals surface area contributed by atoms with Gasteiger partial charge in [0.2, 0.25) is 11.8 Å². The number of amides is 3. The minimum atomic E-state index is -0.471. The number of nitrogens with zero attached hydrogens (tertiary/aromatic N) is 2. The minimum Gasteiger partial charge on any atom is -0.448 e. The molecule has 2 fully saturated rings. The van der Waals surface area contributed by atoms with Crippen molar-refractivity contribution in [2.24, 2.45) is 0 Å². The monoisotopic (exact) mass is 365 g/mol. The number of cyclic esters (lactones) is 1.